The normalized spacial score (nSPS) is 13.9. The number of nitrogens with one attached hydrogen (secondary N) is 2. The quantitative estimate of drug-likeness (QED) is 0.662. The summed E-state index contributed by atoms with van der Waals surface area (Å²) in [5, 5.41) is 10.0. The van der Waals surface area contributed by atoms with Gasteiger partial charge in [0.05, 0.1) is 30.6 Å². The van der Waals surface area contributed by atoms with E-state index in [0.717, 1.165) is 29.3 Å². The van der Waals surface area contributed by atoms with Crippen molar-refractivity contribution < 1.29 is 14.0 Å². The Morgan fingerprint density at radius 1 is 1.33 bits per heavy atom. The van der Waals surface area contributed by atoms with Crippen LogP contribution in [0.2, 0.25) is 0 Å². The van der Waals surface area contributed by atoms with Gasteiger partial charge in [0.2, 0.25) is 5.91 Å². The van der Waals surface area contributed by atoms with Gasteiger partial charge < -0.3 is 9.73 Å². The lowest BCUT2D eigenvalue weighted by Gasteiger charge is -2.24. The summed E-state index contributed by atoms with van der Waals surface area (Å²) >= 11 is 2.96. The van der Waals surface area contributed by atoms with Crippen LogP contribution in [0.25, 0.3) is 0 Å². The standard InChI is InChI=1S/C18H18N4O3S2/c23-16(19-8-13-2-1-6-25-13)10-22-5-3-14-15(9-22)27-18(20-14)21-17(24)12-4-7-26-11-12/h1-2,4,6-7,11H,3,5,8-10H2,(H,19,23)(H,20,21,24). The molecule has 4 rings (SSSR count). The minimum absolute atomic E-state index is 0.0367. The largest absolute Gasteiger partial charge is 0.467 e. The molecule has 0 aliphatic carbocycles. The third-order valence-electron chi connectivity index (χ3n) is 4.22. The van der Waals surface area contributed by atoms with Gasteiger partial charge in [0.1, 0.15) is 5.76 Å². The molecule has 0 bridgehead atoms. The average molecular weight is 403 g/mol. The molecule has 3 aromatic rings. The van der Waals surface area contributed by atoms with Crippen LogP contribution in [-0.4, -0.2) is 34.8 Å². The van der Waals surface area contributed by atoms with Gasteiger partial charge in [-0.2, -0.15) is 11.3 Å². The van der Waals surface area contributed by atoms with Crippen molar-refractivity contribution in [3.8, 4) is 0 Å². The highest BCUT2D eigenvalue weighted by Gasteiger charge is 2.23. The van der Waals surface area contributed by atoms with Crippen molar-refractivity contribution in [3.05, 3.63) is 57.1 Å². The molecule has 3 aromatic heterocycles. The molecule has 140 valence electrons. The van der Waals surface area contributed by atoms with E-state index in [2.05, 4.69) is 20.5 Å². The maximum Gasteiger partial charge on any atom is 0.258 e. The van der Waals surface area contributed by atoms with Crippen LogP contribution in [0.1, 0.15) is 26.7 Å². The summed E-state index contributed by atoms with van der Waals surface area (Å²) in [4.78, 5) is 32.0. The Labute approximate surface area is 164 Å². The Bertz CT molecular complexity index is 919. The van der Waals surface area contributed by atoms with Crippen LogP contribution in [0.3, 0.4) is 0 Å². The van der Waals surface area contributed by atoms with Crippen LogP contribution in [0.15, 0.2) is 39.6 Å². The summed E-state index contributed by atoms with van der Waals surface area (Å²) in [6.07, 6.45) is 2.36. The number of thiazole rings is 1. The van der Waals surface area contributed by atoms with Gasteiger partial charge in [0.25, 0.3) is 5.91 Å². The van der Waals surface area contributed by atoms with Gasteiger partial charge in [-0.05, 0) is 23.6 Å². The first kappa shape index (κ1) is 17.9. The zero-order valence-corrected chi connectivity index (χ0v) is 16.1. The molecule has 0 saturated heterocycles. The smallest absolute Gasteiger partial charge is 0.258 e. The van der Waals surface area contributed by atoms with Crippen molar-refractivity contribution in [1.29, 1.82) is 0 Å². The molecule has 7 nitrogen and oxygen atoms in total. The Kier molecular flexibility index (Phi) is 5.33. The number of aromatic nitrogens is 1. The third-order valence-corrected chi connectivity index (χ3v) is 5.90. The van der Waals surface area contributed by atoms with Crippen molar-refractivity contribution in [2.24, 2.45) is 0 Å². The predicted octanol–water partition coefficient (Wildman–Crippen LogP) is 2.72. The highest BCUT2D eigenvalue weighted by atomic mass is 32.1. The third kappa shape index (κ3) is 4.44. The molecule has 0 aromatic carbocycles. The molecule has 2 N–H and O–H groups in total. The van der Waals surface area contributed by atoms with Crippen molar-refractivity contribution in [3.63, 3.8) is 0 Å². The van der Waals surface area contributed by atoms with Crippen LogP contribution >= 0.6 is 22.7 Å². The lowest BCUT2D eigenvalue weighted by Crippen LogP contribution is -2.39. The molecule has 0 unspecified atom stereocenters. The molecule has 0 radical (unpaired) electrons. The van der Waals surface area contributed by atoms with Gasteiger partial charge in [-0.15, -0.1) is 11.3 Å². The Morgan fingerprint density at radius 2 is 2.26 bits per heavy atom. The summed E-state index contributed by atoms with van der Waals surface area (Å²) in [7, 11) is 0. The number of nitrogens with zero attached hydrogens (tertiary/aromatic N) is 2. The van der Waals surface area contributed by atoms with Crippen LogP contribution < -0.4 is 10.6 Å². The second-order valence-corrected chi connectivity index (χ2v) is 8.04. The molecule has 1 aliphatic rings. The van der Waals surface area contributed by atoms with E-state index in [-0.39, 0.29) is 11.8 Å². The molecule has 0 saturated carbocycles. The number of fused-ring (bicyclic) bond motifs is 1. The highest BCUT2D eigenvalue weighted by Crippen LogP contribution is 2.28. The van der Waals surface area contributed by atoms with Crippen LogP contribution in [0, 0.1) is 0 Å². The number of thiophene rings is 1. The molecule has 1 aliphatic heterocycles. The molecular weight excluding hydrogens is 384 g/mol. The average Bonchev–Trinajstić information content (AvgIpc) is 3.40. The second-order valence-electron chi connectivity index (χ2n) is 6.17. The first-order chi connectivity index (χ1) is 13.2. The number of carbonyl (C=O) groups is 2. The highest BCUT2D eigenvalue weighted by molar-refractivity contribution is 7.16. The van der Waals surface area contributed by atoms with Crippen molar-refractivity contribution >= 4 is 39.6 Å². The monoisotopic (exact) mass is 402 g/mol. The van der Waals surface area contributed by atoms with Crippen LogP contribution in [0.5, 0.6) is 0 Å². The molecular formula is C18H18N4O3S2. The van der Waals surface area contributed by atoms with Gasteiger partial charge in [-0.25, -0.2) is 4.98 Å². The molecule has 0 fully saturated rings. The number of carbonyl (C=O) groups excluding carboxylic acids is 2. The zero-order chi connectivity index (χ0) is 18.6. The first-order valence-electron chi connectivity index (χ1n) is 8.51. The fourth-order valence-electron chi connectivity index (χ4n) is 2.86. The van der Waals surface area contributed by atoms with E-state index in [0.29, 0.717) is 30.3 Å². The van der Waals surface area contributed by atoms with E-state index in [9.17, 15) is 9.59 Å². The van der Waals surface area contributed by atoms with E-state index in [1.807, 2.05) is 16.8 Å². The molecule has 27 heavy (non-hydrogen) atoms. The summed E-state index contributed by atoms with van der Waals surface area (Å²) in [6.45, 7) is 2.15. The predicted molar refractivity (Wildman–Crippen MR) is 104 cm³/mol. The Morgan fingerprint density at radius 3 is 3.04 bits per heavy atom. The number of anilines is 1. The minimum atomic E-state index is -0.142. The van der Waals surface area contributed by atoms with E-state index in [1.54, 1.807) is 18.4 Å². The van der Waals surface area contributed by atoms with Crippen molar-refractivity contribution in [1.82, 2.24) is 15.2 Å². The number of hydrogen-bond donors (Lipinski definition) is 2. The lowest BCUT2D eigenvalue weighted by molar-refractivity contribution is -0.122. The summed E-state index contributed by atoms with van der Waals surface area (Å²) in [5.41, 5.74) is 1.65. The SMILES string of the molecule is O=C(CN1CCc2nc(NC(=O)c3ccsc3)sc2C1)NCc1ccco1. The first-order valence-corrected chi connectivity index (χ1v) is 10.3. The number of rotatable bonds is 6. The van der Waals surface area contributed by atoms with E-state index < -0.39 is 0 Å². The molecule has 0 spiro atoms. The van der Waals surface area contributed by atoms with Crippen molar-refractivity contribution in [2.75, 3.05) is 18.4 Å². The van der Waals surface area contributed by atoms with E-state index in [4.69, 9.17) is 4.42 Å². The van der Waals surface area contributed by atoms with Gasteiger partial charge in [-0.3, -0.25) is 19.8 Å². The summed E-state index contributed by atoms with van der Waals surface area (Å²) in [6, 6.07) is 5.42. The van der Waals surface area contributed by atoms with Crippen molar-refractivity contribution in [2.45, 2.75) is 19.5 Å². The lowest BCUT2D eigenvalue weighted by atomic mass is 10.2. The summed E-state index contributed by atoms with van der Waals surface area (Å²) in [5.74, 6) is 0.555. The number of furan rings is 1. The van der Waals surface area contributed by atoms with Gasteiger partial charge in [-0.1, -0.05) is 0 Å². The molecule has 9 heteroatoms. The number of hydrogen-bond acceptors (Lipinski definition) is 7. The maximum absolute atomic E-state index is 12.2. The van der Waals surface area contributed by atoms with Gasteiger partial charge >= 0.3 is 0 Å². The number of amides is 2. The Hall–Kier alpha value is -2.49. The fraction of sp³-hybridized carbons (Fsp3) is 0.278. The van der Waals surface area contributed by atoms with E-state index in [1.165, 1.54) is 22.7 Å². The van der Waals surface area contributed by atoms with Crippen LogP contribution in [0.4, 0.5) is 5.13 Å². The Balaban J connectivity index is 1.31. The molecule has 2 amide bonds. The molecule has 4 heterocycles. The second kappa shape index (κ2) is 8.03. The van der Waals surface area contributed by atoms with E-state index >= 15 is 0 Å². The van der Waals surface area contributed by atoms with Gasteiger partial charge in [0.15, 0.2) is 5.13 Å². The minimum Gasteiger partial charge on any atom is -0.467 e. The topological polar surface area (TPSA) is 87.5 Å². The fourth-order valence-corrected chi connectivity index (χ4v) is 4.54. The summed E-state index contributed by atoms with van der Waals surface area (Å²) < 4.78 is 5.21. The maximum atomic E-state index is 12.2. The zero-order valence-electron chi connectivity index (χ0n) is 14.4. The molecule has 0 atom stereocenters. The van der Waals surface area contributed by atoms with Gasteiger partial charge in [0, 0.05) is 29.8 Å². The van der Waals surface area contributed by atoms with Crippen LogP contribution in [-0.2, 0) is 24.3 Å².